The summed E-state index contributed by atoms with van der Waals surface area (Å²) in [5, 5.41) is 0. The van der Waals surface area contributed by atoms with Gasteiger partial charge in [0.25, 0.3) is 0 Å². The van der Waals surface area contributed by atoms with Crippen LogP contribution in [0.5, 0.6) is 0 Å². The summed E-state index contributed by atoms with van der Waals surface area (Å²) >= 11 is 1.80. The third-order valence-electron chi connectivity index (χ3n) is 3.41. The molecule has 1 heterocycles. The van der Waals surface area contributed by atoms with Gasteiger partial charge < -0.3 is 9.47 Å². The van der Waals surface area contributed by atoms with Gasteiger partial charge in [-0.1, -0.05) is 12.1 Å². The Kier molecular flexibility index (Phi) is 6.17. The highest BCUT2D eigenvalue weighted by atomic mass is 32.2. The van der Waals surface area contributed by atoms with Crippen molar-refractivity contribution in [2.75, 3.05) is 39.7 Å². The summed E-state index contributed by atoms with van der Waals surface area (Å²) in [7, 11) is 1.74. The van der Waals surface area contributed by atoms with E-state index in [1.54, 1.807) is 18.9 Å². The van der Waals surface area contributed by atoms with Gasteiger partial charge in [-0.25, -0.2) is 0 Å². The van der Waals surface area contributed by atoms with Crippen molar-refractivity contribution in [1.82, 2.24) is 4.90 Å². The Labute approximate surface area is 120 Å². The van der Waals surface area contributed by atoms with Crippen LogP contribution < -0.4 is 0 Å². The van der Waals surface area contributed by atoms with Crippen molar-refractivity contribution in [3.8, 4) is 0 Å². The molecule has 1 atom stereocenters. The van der Waals surface area contributed by atoms with E-state index in [0.717, 1.165) is 39.3 Å². The molecule has 0 N–H and O–H groups in total. The first kappa shape index (κ1) is 14.9. The average Bonchev–Trinajstić information content (AvgIpc) is 2.46. The van der Waals surface area contributed by atoms with Crippen molar-refractivity contribution in [3.05, 3.63) is 29.8 Å². The predicted octanol–water partition coefficient (Wildman–Crippen LogP) is 2.65. The molecule has 1 aromatic carbocycles. The van der Waals surface area contributed by atoms with Gasteiger partial charge in [-0.2, -0.15) is 0 Å². The lowest BCUT2D eigenvalue weighted by molar-refractivity contribution is -0.0432. The van der Waals surface area contributed by atoms with E-state index in [9.17, 15) is 0 Å². The van der Waals surface area contributed by atoms with E-state index in [4.69, 9.17) is 9.47 Å². The minimum atomic E-state index is 0.317. The van der Waals surface area contributed by atoms with E-state index < -0.39 is 0 Å². The summed E-state index contributed by atoms with van der Waals surface area (Å²) in [5.41, 5.74) is 1.39. The second-order valence-electron chi connectivity index (χ2n) is 4.86. The third kappa shape index (κ3) is 4.80. The molecule has 0 unspecified atom stereocenters. The molecule has 0 radical (unpaired) electrons. The Balaban J connectivity index is 1.87. The Morgan fingerprint density at radius 2 is 2.37 bits per heavy atom. The first-order valence-corrected chi connectivity index (χ1v) is 8.00. The molecule has 0 bridgehead atoms. The number of morpholine rings is 1. The highest BCUT2D eigenvalue weighted by Crippen LogP contribution is 2.18. The maximum atomic E-state index is 5.77. The Bertz CT molecular complexity index is 386. The highest BCUT2D eigenvalue weighted by Gasteiger charge is 2.20. The van der Waals surface area contributed by atoms with Gasteiger partial charge in [0, 0.05) is 38.2 Å². The zero-order valence-electron chi connectivity index (χ0n) is 11.8. The van der Waals surface area contributed by atoms with Gasteiger partial charge in [0.2, 0.25) is 0 Å². The summed E-state index contributed by atoms with van der Waals surface area (Å²) in [6.07, 6.45) is 3.42. The predicted molar refractivity (Wildman–Crippen MR) is 79.7 cm³/mol. The minimum Gasteiger partial charge on any atom is -0.385 e. The van der Waals surface area contributed by atoms with Crippen LogP contribution in [0.25, 0.3) is 0 Å². The topological polar surface area (TPSA) is 21.7 Å². The first-order valence-electron chi connectivity index (χ1n) is 6.77. The van der Waals surface area contributed by atoms with E-state index in [-0.39, 0.29) is 0 Å². The van der Waals surface area contributed by atoms with Gasteiger partial charge in [0.05, 0.1) is 12.7 Å². The summed E-state index contributed by atoms with van der Waals surface area (Å²) in [6.45, 7) is 4.65. The number of ether oxygens (including phenoxy) is 2. The van der Waals surface area contributed by atoms with Crippen LogP contribution in [-0.4, -0.2) is 50.7 Å². The molecule has 0 aliphatic carbocycles. The number of hydrogen-bond acceptors (Lipinski definition) is 4. The van der Waals surface area contributed by atoms with Gasteiger partial charge in [-0.3, -0.25) is 4.90 Å². The van der Waals surface area contributed by atoms with Crippen molar-refractivity contribution in [1.29, 1.82) is 0 Å². The quantitative estimate of drug-likeness (QED) is 0.747. The summed E-state index contributed by atoms with van der Waals surface area (Å²) in [6, 6.07) is 8.79. The van der Waals surface area contributed by atoms with Gasteiger partial charge in [0.15, 0.2) is 0 Å². The normalized spacial score (nSPS) is 20.6. The molecular weight excluding hydrogens is 258 g/mol. The van der Waals surface area contributed by atoms with Crippen molar-refractivity contribution in [3.63, 3.8) is 0 Å². The molecule has 0 amide bonds. The number of rotatable bonds is 6. The maximum absolute atomic E-state index is 5.77. The molecule has 1 aliphatic heterocycles. The van der Waals surface area contributed by atoms with Crippen LogP contribution in [0.3, 0.4) is 0 Å². The smallest absolute Gasteiger partial charge is 0.0724 e. The second kappa shape index (κ2) is 7.90. The Morgan fingerprint density at radius 1 is 1.47 bits per heavy atom. The van der Waals surface area contributed by atoms with Crippen LogP contribution in [0.1, 0.15) is 12.0 Å². The van der Waals surface area contributed by atoms with Gasteiger partial charge in [0.1, 0.15) is 0 Å². The molecule has 1 aromatic rings. The zero-order chi connectivity index (χ0) is 13.5. The number of hydrogen-bond donors (Lipinski definition) is 0. The lowest BCUT2D eigenvalue weighted by Crippen LogP contribution is -2.42. The van der Waals surface area contributed by atoms with Crippen LogP contribution >= 0.6 is 11.8 Å². The fourth-order valence-electron chi connectivity index (χ4n) is 2.38. The van der Waals surface area contributed by atoms with Crippen LogP contribution in [-0.2, 0) is 16.0 Å². The van der Waals surface area contributed by atoms with Gasteiger partial charge in [-0.15, -0.1) is 11.8 Å². The van der Waals surface area contributed by atoms with Gasteiger partial charge in [-0.05, 0) is 30.4 Å². The highest BCUT2D eigenvalue weighted by molar-refractivity contribution is 7.98. The lowest BCUT2D eigenvalue weighted by atomic mass is 10.1. The van der Waals surface area contributed by atoms with Crippen molar-refractivity contribution in [2.45, 2.75) is 24.0 Å². The third-order valence-corrected chi connectivity index (χ3v) is 4.13. The molecular formula is C15H23NO2S. The van der Waals surface area contributed by atoms with Crippen molar-refractivity contribution < 1.29 is 9.47 Å². The number of thioether (sulfide) groups is 1. The molecule has 0 aromatic heterocycles. The maximum Gasteiger partial charge on any atom is 0.0724 e. The molecule has 0 saturated carbocycles. The molecule has 19 heavy (non-hydrogen) atoms. The standard InChI is InChI=1S/C15H23NO2S/c1-17-8-6-14-12-16(7-9-18-14)11-13-4-3-5-15(10-13)19-2/h3-5,10,14H,6-9,11-12H2,1-2H3/t14-/m1/s1. The Hall–Kier alpha value is -0.550. The molecule has 1 aliphatic rings. The van der Waals surface area contributed by atoms with Crippen LogP contribution in [0.15, 0.2) is 29.2 Å². The fraction of sp³-hybridized carbons (Fsp3) is 0.600. The largest absolute Gasteiger partial charge is 0.385 e. The van der Waals surface area contributed by atoms with E-state index in [1.807, 2.05) is 0 Å². The molecule has 1 fully saturated rings. The molecule has 3 nitrogen and oxygen atoms in total. The van der Waals surface area contributed by atoms with Crippen LogP contribution in [0, 0.1) is 0 Å². The summed E-state index contributed by atoms with van der Waals surface area (Å²) in [5.74, 6) is 0. The Morgan fingerprint density at radius 3 is 3.16 bits per heavy atom. The molecule has 106 valence electrons. The first-order chi connectivity index (χ1) is 9.31. The number of methoxy groups -OCH3 is 1. The van der Waals surface area contributed by atoms with Crippen molar-refractivity contribution in [2.24, 2.45) is 0 Å². The fourth-order valence-corrected chi connectivity index (χ4v) is 2.86. The number of nitrogens with zero attached hydrogens (tertiary/aromatic N) is 1. The van der Waals surface area contributed by atoms with E-state index in [1.165, 1.54) is 10.5 Å². The summed E-state index contributed by atoms with van der Waals surface area (Å²) < 4.78 is 10.9. The average molecular weight is 281 g/mol. The minimum absolute atomic E-state index is 0.317. The second-order valence-corrected chi connectivity index (χ2v) is 5.74. The van der Waals surface area contributed by atoms with Crippen molar-refractivity contribution >= 4 is 11.8 Å². The van der Waals surface area contributed by atoms with Crippen LogP contribution in [0.2, 0.25) is 0 Å². The van der Waals surface area contributed by atoms with Crippen LogP contribution in [0.4, 0.5) is 0 Å². The summed E-state index contributed by atoms with van der Waals surface area (Å²) in [4.78, 5) is 3.81. The molecule has 2 rings (SSSR count). The van der Waals surface area contributed by atoms with E-state index >= 15 is 0 Å². The monoisotopic (exact) mass is 281 g/mol. The molecule has 4 heteroatoms. The number of benzene rings is 1. The van der Waals surface area contributed by atoms with E-state index in [2.05, 4.69) is 35.4 Å². The lowest BCUT2D eigenvalue weighted by Gasteiger charge is -2.33. The zero-order valence-corrected chi connectivity index (χ0v) is 12.6. The SMILES string of the molecule is COCC[C@@H]1CN(Cc2cccc(SC)c2)CCO1. The van der Waals surface area contributed by atoms with E-state index in [0.29, 0.717) is 6.10 Å². The van der Waals surface area contributed by atoms with Gasteiger partial charge >= 0.3 is 0 Å². The molecule has 0 spiro atoms. The molecule has 1 saturated heterocycles.